The molecule has 4 rings (SSSR count). The Morgan fingerprint density at radius 3 is 2.17 bits per heavy atom. The summed E-state index contributed by atoms with van der Waals surface area (Å²) in [6.45, 7) is 4.02. The standard InChI is InChI=1S/C15H22N2O/c16-11-14(18)12-1-3-13(4-2-12)15-5-8-17(9-6-15)10-7-15/h1-4,14,18H,5-11,16H2. The van der Waals surface area contributed by atoms with Gasteiger partial charge in [-0.1, -0.05) is 24.3 Å². The molecule has 3 aliphatic rings. The molecule has 0 radical (unpaired) electrons. The SMILES string of the molecule is NCC(O)c1ccc(C23CCN(CC2)CC3)cc1. The third kappa shape index (κ3) is 1.96. The summed E-state index contributed by atoms with van der Waals surface area (Å²) in [7, 11) is 0. The lowest BCUT2D eigenvalue weighted by Crippen LogP contribution is -2.50. The van der Waals surface area contributed by atoms with Crippen LogP contribution in [0, 0.1) is 0 Å². The van der Waals surface area contributed by atoms with E-state index in [2.05, 4.69) is 17.0 Å². The average Bonchev–Trinajstić information content (AvgIpc) is 2.48. The summed E-state index contributed by atoms with van der Waals surface area (Å²) in [6.07, 6.45) is 3.33. The van der Waals surface area contributed by atoms with Gasteiger partial charge in [-0.15, -0.1) is 0 Å². The maximum absolute atomic E-state index is 9.73. The number of piperidine rings is 3. The minimum Gasteiger partial charge on any atom is -0.387 e. The summed E-state index contributed by atoms with van der Waals surface area (Å²) in [4.78, 5) is 2.56. The largest absolute Gasteiger partial charge is 0.387 e. The molecule has 3 N–H and O–H groups in total. The van der Waals surface area contributed by atoms with E-state index < -0.39 is 6.10 Å². The van der Waals surface area contributed by atoms with Gasteiger partial charge in [-0.2, -0.15) is 0 Å². The first-order chi connectivity index (χ1) is 8.73. The van der Waals surface area contributed by atoms with Crippen molar-refractivity contribution in [3.8, 4) is 0 Å². The van der Waals surface area contributed by atoms with Crippen molar-refractivity contribution in [2.24, 2.45) is 5.73 Å². The molecule has 0 amide bonds. The van der Waals surface area contributed by atoms with Crippen molar-refractivity contribution in [3.05, 3.63) is 35.4 Å². The zero-order chi connectivity index (χ0) is 12.6. The number of rotatable bonds is 3. The highest BCUT2D eigenvalue weighted by Gasteiger charge is 2.40. The van der Waals surface area contributed by atoms with E-state index in [1.807, 2.05) is 12.1 Å². The first-order valence-corrected chi connectivity index (χ1v) is 6.94. The maximum Gasteiger partial charge on any atom is 0.0912 e. The summed E-state index contributed by atoms with van der Waals surface area (Å²) >= 11 is 0. The molecule has 1 atom stereocenters. The van der Waals surface area contributed by atoms with Gasteiger partial charge >= 0.3 is 0 Å². The number of nitrogens with two attached hydrogens (primary N) is 1. The van der Waals surface area contributed by atoms with Crippen LogP contribution in [-0.4, -0.2) is 36.2 Å². The van der Waals surface area contributed by atoms with Crippen LogP contribution in [0.2, 0.25) is 0 Å². The Balaban J connectivity index is 1.84. The van der Waals surface area contributed by atoms with Crippen molar-refractivity contribution in [1.82, 2.24) is 4.90 Å². The molecule has 1 aromatic rings. The van der Waals surface area contributed by atoms with Crippen molar-refractivity contribution < 1.29 is 5.11 Å². The van der Waals surface area contributed by atoms with E-state index in [9.17, 15) is 5.11 Å². The molecule has 2 bridgehead atoms. The van der Waals surface area contributed by atoms with Crippen LogP contribution < -0.4 is 5.73 Å². The molecule has 1 unspecified atom stereocenters. The van der Waals surface area contributed by atoms with E-state index in [1.54, 1.807) is 0 Å². The summed E-state index contributed by atoms with van der Waals surface area (Å²) in [5.41, 5.74) is 8.28. The second-order valence-electron chi connectivity index (χ2n) is 5.75. The number of nitrogens with zero attached hydrogens (tertiary/aromatic N) is 1. The first-order valence-electron chi connectivity index (χ1n) is 6.94. The van der Waals surface area contributed by atoms with Crippen LogP contribution in [0.1, 0.15) is 36.5 Å². The van der Waals surface area contributed by atoms with Crippen molar-refractivity contribution in [2.45, 2.75) is 30.8 Å². The fourth-order valence-electron chi connectivity index (χ4n) is 3.45. The number of aliphatic hydroxyl groups is 1. The van der Waals surface area contributed by atoms with Gasteiger partial charge < -0.3 is 15.7 Å². The van der Waals surface area contributed by atoms with Crippen molar-refractivity contribution >= 4 is 0 Å². The molecule has 0 aliphatic carbocycles. The predicted molar refractivity (Wildman–Crippen MR) is 72.4 cm³/mol. The highest BCUT2D eigenvalue weighted by molar-refractivity contribution is 5.32. The molecule has 0 spiro atoms. The lowest BCUT2D eigenvalue weighted by molar-refractivity contribution is 0.0817. The van der Waals surface area contributed by atoms with Crippen LogP contribution in [0.3, 0.4) is 0 Å². The summed E-state index contributed by atoms with van der Waals surface area (Å²) in [6, 6.07) is 8.50. The molecule has 0 saturated carbocycles. The Bertz CT molecular complexity index is 393. The zero-order valence-electron chi connectivity index (χ0n) is 10.8. The van der Waals surface area contributed by atoms with E-state index in [1.165, 1.54) is 44.5 Å². The first kappa shape index (κ1) is 12.2. The van der Waals surface area contributed by atoms with Crippen LogP contribution >= 0.6 is 0 Å². The number of hydrogen-bond donors (Lipinski definition) is 2. The molecule has 3 aliphatic heterocycles. The van der Waals surface area contributed by atoms with Crippen LogP contribution in [0.5, 0.6) is 0 Å². The normalized spacial score (nSPS) is 32.4. The van der Waals surface area contributed by atoms with Gasteiger partial charge in [0, 0.05) is 6.54 Å². The molecular formula is C15H22N2O. The number of hydrogen-bond acceptors (Lipinski definition) is 3. The molecule has 3 nitrogen and oxygen atoms in total. The smallest absolute Gasteiger partial charge is 0.0912 e. The van der Waals surface area contributed by atoms with Gasteiger partial charge in [0.25, 0.3) is 0 Å². The summed E-state index contributed by atoms with van der Waals surface area (Å²) < 4.78 is 0. The fourth-order valence-corrected chi connectivity index (χ4v) is 3.45. The molecular weight excluding hydrogens is 224 g/mol. The van der Waals surface area contributed by atoms with Crippen molar-refractivity contribution in [3.63, 3.8) is 0 Å². The number of fused-ring (bicyclic) bond motifs is 3. The van der Waals surface area contributed by atoms with Gasteiger partial charge in [0.2, 0.25) is 0 Å². The highest BCUT2D eigenvalue weighted by Crippen LogP contribution is 2.42. The van der Waals surface area contributed by atoms with Gasteiger partial charge in [0.05, 0.1) is 6.10 Å². The molecule has 3 saturated heterocycles. The quantitative estimate of drug-likeness (QED) is 0.848. The monoisotopic (exact) mass is 246 g/mol. The summed E-state index contributed by atoms with van der Waals surface area (Å²) in [5.74, 6) is 0. The Kier molecular flexibility index (Phi) is 3.14. The topological polar surface area (TPSA) is 49.5 Å². The second-order valence-corrected chi connectivity index (χ2v) is 5.75. The molecule has 1 aromatic carbocycles. The second kappa shape index (κ2) is 4.65. The Morgan fingerprint density at radius 1 is 1.11 bits per heavy atom. The van der Waals surface area contributed by atoms with Gasteiger partial charge in [0.15, 0.2) is 0 Å². The van der Waals surface area contributed by atoms with Crippen LogP contribution in [0.15, 0.2) is 24.3 Å². The zero-order valence-corrected chi connectivity index (χ0v) is 10.8. The molecule has 3 heterocycles. The van der Waals surface area contributed by atoms with Crippen molar-refractivity contribution in [2.75, 3.05) is 26.2 Å². The minimum atomic E-state index is -0.523. The van der Waals surface area contributed by atoms with E-state index in [-0.39, 0.29) is 0 Å². The third-order valence-electron chi connectivity index (χ3n) is 4.85. The van der Waals surface area contributed by atoms with E-state index in [0.29, 0.717) is 12.0 Å². The van der Waals surface area contributed by atoms with Crippen LogP contribution in [0.4, 0.5) is 0 Å². The average molecular weight is 246 g/mol. The number of benzene rings is 1. The van der Waals surface area contributed by atoms with Gasteiger partial charge in [0.1, 0.15) is 0 Å². The maximum atomic E-state index is 9.73. The van der Waals surface area contributed by atoms with Crippen LogP contribution in [0.25, 0.3) is 0 Å². The lowest BCUT2D eigenvalue weighted by Gasteiger charge is -2.49. The number of aliphatic hydroxyl groups excluding tert-OH is 1. The van der Waals surface area contributed by atoms with Crippen molar-refractivity contribution in [1.29, 1.82) is 0 Å². The molecule has 3 fully saturated rings. The predicted octanol–water partition coefficient (Wildman–Crippen LogP) is 1.42. The van der Waals surface area contributed by atoms with E-state index >= 15 is 0 Å². The minimum absolute atomic E-state index is 0.291. The Hall–Kier alpha value is -0.900. The molecule has 18 heavy (non-hydrogen) atoms. The van der Waals surface area contributed by atoms with Gasteiger partial charge in [-0.3, -0.25) is 0 Å². The summed E-state index contributed by atoms with van der Waals surface area (Å²) in [5, 5.41) is 9.73. The van der Waals surface area contributed by atoms with Crippen LogP contribution in [-0.2, 0) is 5.41 Å². The molecule has 3 heteroatoms. The Labute approximate surface area is 109 Å². The molecule has 0 aromatic heterocycles. The fraction of sp³-hybridized carbons (Fsp3) is 0.600. The third-order valence-corrected chi connectivity index (χ3v) is 4.85. The van der Waals surface area contributed by atoms with E-state index in [4.69, 9.17) is 5.73 Å². The van der Waals surface area contributed by atoms with Gasteiger partial charge in [-0.25, -0.2) is 0 Å². The highest BCUT2D eigenvalue weighted by atomic mass is 16.3. The van der Waals surface area contributed by atoms with E-state index in [0.717, 1.165) is 5.56 Å². The lowest BCUT2D eigenvalue weighted by atomic mass is 9.67. The van der Waals surface area contributed by atoms with Gasteiger partial charge in [-0.05, 0) is 55.4 Å². The molecule has 98 valence electrons. The Morgan fingerprint density at radius 2 is 1.67 bits per heavy atom.